The molecule has 2 heterocycles. The summed E-state index contributed by atoms with van der Waals surface area (Å²) in [6, 6.07) is 17.5. The molecule has 0 unspecified atom stereocenters. The van der Waals surface area contributed by atoms with E-state index in [9.17, 15) is 9.59 Å². The van der Waals surface area contributed by atoms with Crippen molar-refractivity contribution in [3.63, 3.8) is 0 Å². The lowest BCUT2D eigenvalue weighted by Gasteiger charge is -2.10. The van der Waals surface area contributed by atoms with Gasteiger partial charge in [-0.25, -0.2) is 4.79 Å². The molecule has 0 radical (unpaired) electrons. The molecule has 0 aliphatic heterocycles. The summed E-state index contributed by atoms with van der Waals surface area (Å²) < 4.78 is 12.8. The Hall–Kier alpha value is -3.63. The fourth-order valence-electron chi connectivity index (χ4n) is 3.70. The second kappa shape index (κ2) is 12.6. The van der Waals surface area contributed by atoms with E-state index in [2.05, 4.69) is 22.4 Å². The number of hydrogen-bond acceptors (Lipinski definition) is 8. The summed E-state index contributed by atoms with van der Waals surface area (Å²) in [6.07, 6.45) is 0.975. The highest BCUT2D eigenvalue weighted by Gasteiger charge is 2.22. The number of anilines is 1. The Labute approximate surface area is 224 Å². The maximum Gasteiger partial charge on any atom is 0.341 e. The van der Waals surface area contributed by atoms with E-state index >= 15 is 0 Å². The van der Waals surface area contributed by atoms with E-state index in [1.165, 1.54) is 35.8 Å². The van der Waals surface area contributed by atoms with Gasteiger partial charge < -0.3 is 19.4 Å². The van der Waals surface area contributed by atoms with E-state index in [0.29, 0.717) is 28.1 Å². The van der Waals surface area contributed by atoms with Crippen LogP contribution in [0.15, 0.2) is 65.1 Å². The quantitative estimate of drug-likeness (QED) is 0.194. The lowest BCUT2D eigenvalue weighted by Crippen LogP contribution is -2.16. The Kier molecular flexibility index (Phi) is 8.97. The van der Waals surface area contributed by atoms with Crippen molar-refractivity contribution >= 4 is 40.0 Å². The number of aromatic nitrogens is 3. The number of carbonyl (C=O) groups is 2. The SMILES string of the molecule is CCc1ccc(OCc2nnc(SCC(=O)Nc3scc(-c4ccccc4)c3C(=O)OC)n2CC)cc1. The number of nitrogens with one attached hydrogen (secondary N) is 1. The highest BCUT2D eigenvalue weighted by Crippen LogP contribution is 2.36. The third-order valence-electron chi connectivity index (χ3n) is 5.66. The molecule has 4 rings (SSSR count). The molecule has 8 nitrogen and oxygen atoms in total. The average molecular weight is 537 g/mol. The number of benzene rings is 2. The van der Waals surface area contributed by atoms with Crippen LogP contribution in [-0.2, 0) is 29.1 Å². The smallest absolute Gasteiger partial charge is 0.341 e. The molecule has 2 aromatic carbocycles. The van der Waals surface area contributed by atoms with Crippen LogP contribution in [0.4, 0.5) is 5.00 Å². The van der Waals surface area contributed by atoms with Crippen molar-refractivity contribution in [2.24, 2.45) is 0 Å². The number of methoxy groups -OCH3 is 1. The first-order valence-corrected chi connectivity index (χ1v) is 13.7. The van der Waals surface area contributed by atoms with Gasteiger partial charge in [-0.15, -0.1) is 21.5 Å². The number of nitrogens with zero attached hydrogens (tertiary/aromatic N) is 3. The molecule has 192 valence electrons. The number of esters is 1. The second-order valence-electron chi connectivity index (χ2n) is 7.98. The molecule has 0 aliphatic carbocycles. The van der Waals surface area contributed by atoms with Crippen molar-refractivity contribution in [1.82, 2.24) is 14.8 Å². The highest BCUT2D eigenvalue weighted by atomic mass is 32.2. The third-order valence-corrected chi connectivity index (χ3v) is 7.52. The topological polar surface area (TPSA) is 95.3 Å². The zero-order valence-electron chi connectivity index (χ0n) is 20.9. The Morgan fingerprint density at radius 2 is 1.81 bits per heavy atom. The Bertz CT molecular complexity index is 1350. The van der Waals surface area contributed by atoms with Gasteiger partial charge in [0, 0.05) is 17.5 Å². The van der Waals surface area contributed by atoms with Crippen molar-refractivity contribution in [1.29, 1.82) is 0 Å². The van der Waals surface area contributed by atoms with E-state index < -0.39 is 5.97 Å². The zero-order valence-corrected chi connectivity index (χ0v) is 22.5. The molecular formula is C27H28N4O4S2. The predicted octanol–water partition coefficient (Wildman–Crippen LogP) is 5.69. The van der Waals surface area contributed by atoms with Crippen molar-refractivity contribution < 1.29 is 19.1 Å². The fourth-order valence-corrected chi connectivity index (χ4v) is 5.49. The summed E-state index contributed by atoms with van der Waals surface area (Å²) in [4.78, 5) is 25.3. The van der Waals surface area contributed by atoms with Crippen LogP contribution in [0.1, 0.15) is 35.6 Å². The van der Waals surface area contributed by atoms with Crippen molar-refractivity contribution in [3.8, 4) is 16.9 Å². The molecule has 0 atom stereocenters. The first kappa shape index (κ1) is 26.4. The molecule has 1 amide bonds. The van der Waals surface area contributed by atoms with Gasteiger partial charge in [0.1, 0.15) is 22.9 Å². The van der Waals surface area contributed by atoms with E-state index in [1.54, 1.807) is 0 Å². The van der Waals surface area contributed by atoms with Gasteiger partial charge in [-0.2, -0.15) is 0 Å². The number of rotatable bonds is 11. The van der Waals surface area contributed by atoms with Crippen LogP contribution in [0.2, 0.25) is 0 Å². The normalized spacial score (nSPS) is 10.8. The molecular weight excluding hydrogens is 508 g/mol. The van der Waals surface area contributed by atoms with Crippen molar-refractivity contribution in [2.75, 3.05) is 18.2 Å². The summed E-state index contributed by atoms with van der Waals surface area (Å²) in [6.45, 7) is 5.02. The van der Waals surface area contributed by atoms with Gasteiger partial charge in [0.05, 0.1) is 12.9 Å². The Morgan fingerprint density at radius 3 is 2.49 bits per heavy atom. The minimum absolute atomic E-state index is 0.108. The van der Waals surface area contributed by atoms with Crippen molar-refractivity contribution in [2.45, 2.75) is 38.6 Å². The summed E-state index contributed by atoms with van der Waals surface area (Å²) in [7, 11) is 1.33. The minimum Gasteiger partial charge on any atom is -0.486 e. The molecule has 0 bridgehead atoms. The predicted molar refractivity (Wildman–Crippen MR) is 146 cm³/mol. The monoisotopic (exact) mass is 536 g/mol. The van der Waals surface area contributed by atoms with Crippen LogP contribution in [-0.4, -0.2) is 39.5 Å². The Morgan fingerprint density at radius 1 is 1.05 bits per heavy atom. The van der Waals surface area contributed by atoms with Gasteiger partial charge in [0.25, 0.3) is 0 Å². The third kappa shape index (κ3) is 6.39. The molecule has 4 aromatic rings. The standard InChI is InChI=1S/C27H28N4O4S2/c1-4-18-11-13-20(14-12-18)35-15-22-29-30-27(31(22)5-2)37-17-23(32)28-25-24(26(33)34-3)21(16-36-25)19-9-7-6-8-10-19/h6-14,16H,4-5,15,17H2,1-3H3,(H,28,32). The van der Waals surface area contributed by atoms with Crippen LogP contribution in [0.25, 0.3) is 11.1 Å². The number of carbonyl (C=O) groups excluding carboxylic acids is 2. The molecule has 2 aromatic heterocycles. The first-order chi connectivity index (χ1) is 18.0. The van der Waals surface area contributed by atoms with Gasteiger partial charge in [0.2, 0.25) is 5.91 Å². The van der Waals surface area contributed by atoms with Crippen LogP contribution in [0.3, 0.4) is 0 Å². The van der Waals surface area contributed by atoms with Gasteiger partial charge in [-0.3, -0.25) is 4.79 Å². The molecule has 1 N–H and O–H groups in total. The minimum atomic E-state index is -0.497. The first-order valence-electron chi connectivity index (χ1n) is 11.9. The van der Waals surface area contributed by atoms with Gasteiger partial charge >= 0.3 is 5.97 Å². The van der Waals surface area contributed by atoms with Crippen molar-refractivity contribution in [3.05, 3.63) is 76.9 Å². The number of amides is 1. The number of aryl methyl sites for hydroxylation is 1. The van der Waals surface area contributed by atoms with Gasteiger partial charge in [-0.05, 0) is 36.6 Å². The molecule has 0 spiro atoms. The summed E-state index contributed by atoms with van der Waals surface area (Å²) in [5, 5.41) is 14.3. The molecule has 37 heavy (non-hydrogen) atoms. The van der Waals surface area contributed by atoms with Gasteiger partial charge in [0.15, 0.2) is 11.0 Å². The summed E-state index contributed by atoms with van der Waals surface area (Å²) in [5.74, 6) is 0.808. The molecule has 0 aliphatic rings. The zero-order chi connectivity index (χ0) is 26.2. The maximum atomic E-state index is 12.8. The lowest BCUT2D eigenvalue weighted by molar-refractivity contribution is -0.113. The fraction of sp³-hybridized carbons (Fsp3) is 0.259. The maximum absolute atomic E-state index is 12.8. The van der Waals surface area contributed by atoms with E-state index in [4.69, 9.17) is 9.47 Å². The number of ether oxygens (including phenoxy) is 2. The summed E-state index contributed by atoms with van der Waals surface area (Å²) >= 11 is 2.57. The summed E-state index contributed by atoms with van der Waals surface area (Å²) in [5.41, 5.74) is 3.19. The average Bonchev–Trinajstić information content (AvgIpc) is 3.54. The number of hydrogen-bond donors (Lipinski definition) is 1. The molecule has 0 fully saturated rings. The number of thiophene rings is 1. The molecule has 0 saturated carbocycles. The highest BCUT2D eigenvalue weighted by molar-refractivity contribution is 7.99. The largest absolute Gasteiger partial charge is 0.486 e. The van der Waals surface area contributed by atoms with Crippen LogP contribution in [0.5, 0.6) is 5.75 Å². The Balaban J connectivity index is 1.40. The lowest BCUT2D eigenvalue weighted by atomic mass is 10.0. The molecule has 10 heteroatoms. The van der Waals surface area contributed by atoms with Crippen LogP contribution >= 0.6 is 23.1 Å². The number of thioether (sulfide) groups is 1. The molecule has 0 saturated heterocycles. The van der Waals surface area contributed by atoms with Crippen LogP contribution < -0.4 is 10.1 Å². The van der Waals surface area contributed by atoms with Crippen LogP contribution in [0, 0.1) is 0 Å². The van der Waals surface area contributed by atoms with E-state index in [1.807, 2.05) is 71.5 Å². The van der Waals surface area contributed by atoms with E-state index in [-0.39, 0.29) is 18.3 Å². The second-order valence-corrected chi connectivity index (χ2v) is 9.80. The van der Waals surface area contributed by atoms with E-state index in [0.717, 1.165) is 23.3 Å². The van der Waals surface area contributed by atoms with Gasteiger partial charge in [-0.1, -0.05) is 61.2 Å².